The van der Waals surface area contributed by atoms with E-state index in [1.54, 1.807) is 0 Å². The zero-order chi connectivity index (χ0) is 23.5. The molecular weight excluding hydrogens is 449 g/mol. The molecule has 2 aliphatic heterocycles. The number of hydrogen-bond acceptors (Lipinski definition) is 6. The van der Waals surface area contributed by atoms with E-state index in [1.807, 2.05) is 4.90 Å². The topological polar surface area (TPSA) is 76.3 Å². The quantitative estimate of drug-likeness (QED) is 0.571. The van der Waals surface area contributed by atoms with Gasteiger partial charge in [0.1, 0.15) is 5.69 Å². The Bertz CT molecular complexity index is 1230. The Morgan fingerprint density at radius 1 is 1.12 bits per heavy atom. The van der Waals surface area contributed by atoms with Crippen LogP contribution in [0.5, 0.6) is 5.75 Å². The van der Waals surface area contributed by atoms with E-state index in [0.29, 0.717) is 12.0 Å². The van der Waals surface area contributed by atoms with E-state index in [0.717, 1.165) is 45.6 Å². The fraction of sp³-hybridized carbons (Fsp3) is 0.476. The number of alkyl halides is 3. The van der Waals surface area contributed by atoms with Crippen molar-refractivity contribution in [1.82, 2.24) is 19.7 Å². The highest BCUT2D eigenvalue weighted by molar-refractivity contribution is 5.91. The third-order valence-corrected chi connectivity index (χ3v) is 6.60. The first-order valence-corrected chi connectivity index (χ1v) is 10.4. The number of aryl methyl sites for hydroxylation is 1. The Balaban J connectivity index is 1.53. The minimum Gasteiger partial charge on any atom is -0.503 e. The van der Waals surface area contributed by atoms with Crippen molar-refractivity contribution in [2.24, 2.45) is 12.5 Å². The fourth-order valence-corrected chi connectivity index (χ4v) is 4.61. The van der Waals surface area contributed by atoms with Crippen LogP contribution in [-0.4, -0.2) is 51.2 Å². The SMILES string of the molecule is Cn1nc(-c2cc(C(F)(F)F)c(F)c(O)c2F)c2cnc(N3CCC4(CCOC4)CC3)nc21. The molecule has 176 valence electrons. The summed E-state index contributed by atoms with van der Waals surface area (Å²) in [5, 5.41) is 13.9. The number of halogens is 5. The molecule has 4 heterocycles. The predicted molar refractivity (Wildman–Crippen MR) is 108 cm³/mol. The molecule has 1 N–H and O–H groups in total. The molecule has 7 nitrogen and oxygen atoms in total. The van der Waals surface area contributed by atoms with Gasteiger partial charge in [-0.2, -0.15) is 23.3 Å². The number of phenolic OH excluding ortho intramolecular Hbond substituents is 1. The number of aromatic nitrogens is 4. The largest absolute Gasteiger partial charge is 0.503 e. The zero-order valence-corrected chi connectivity index (χ0v) is 17.6. The molecule has 0 bridgehead atoms. The maximum Gasteiger partial charge on any atom is 0.419 e. The summed E-state index contributed by atoms with van der Waals surface area (Å²) in [5.74, 6) is -4.89. The number of aromatic hydroxyl groups is 1. The number of ether oxygens (including phenoxy) is 1. The summed E-state index contributed by atoms with van der Waals surface area (Å²) in [6, 6.07) is 0.299. The molecule has 2 saturated heterocycles. The van der Waals surface area contributed by atoms with Crippen LogP contribution in [0.1, 0.15) is 24.8 Å². The molecule has 0 radical (unpaired) electrons. The fourth-order valence-electron chi connectivity index (χ4n) is 4.61. The van der Waals surface area contributed by atoms with Crippen LogP contribution in [0.4, 0.5) is 27.9 Å². The minimum atomic E-state index is -5.13. The highest BCUT2D eigenvalue weighted by Gasteiger charge is 2.39. The normalized spacial score (nSPS) is 18.5. The number of phenols is 1. The van der Waals surface area contributed by atoms with E-state index in [9.17, 15) is 27.1 Å². The Hall–Kier alpha value is -3.02. The molecule has 5 rings (SSSR count). The van der Waals surface area contributed by atoms with E-state index in [-0.39, 0.29) is 22.1 Å². The van der Waals surface area contributed by atoms with Gasteiger partial charge in [0.05, 0.1) is 17.6 Å². The van der Waals surface area contributed by atoms with Crippen LogP contribution >= 0.6 is 0 Å². The van der Waals surface area contributed by atoms with Gasteiger partial charge < -0.3 is 14.7 Å². The third-order valence-electron chi connectivity index (χ3n) is 6.60. The number of rotatable bonds is 2. The maximum atomic E-state index is 14.6. The lowest BCUT2D eigenvalue weighted by atomic mass is 9.78. The second kappa shape index (κ2) is 7.51. The van der Waals surface area contributed by atoms with Crippen molar-refractivity contribution in [2.45, 2.75) is 25.4 Å². The van der Waals surface area contributed by atoms with Crippen molar-refractivity contribution in [1.29, 1.82) is 0 Å². The first-order chi connectivity index (χ1) is 15.6. The lowest BCUT2D eigenvalue weighted by molar-refractivity contribution is -0.140. The van der Waals surface area contributed by atoms with Gasteiger partial charge in [-0.3, -0.25) is 0 Å². The number of piperidine rings is 1. The van der Waals surface area contributed by atoms with E-state index in [1.165, 1.54) is 17.9 Å². The van der Waals surface area contributed by atoms with E-state index < -0.39 is 34.7 Å². The summed E-state index contributed by atoms with van der Waals surface area (Å²) >= 11 is 0. The lowest BCUT2D eigenvalue weighted by Crippen LogP contribution is -2.41. The van der Waals surface area contributed by atoms with Crippen LogP contribution in [0.15, 0.2) is 12.3 Å². The Labute approximate surface area is 184 Å². The molecule has 1 spiro atoms. The number of benzene rings is 1. The van der Waals surface area contributed by atoms with Crippen molar-refractivity contribution >= 4 is 17.0 Å². The summed E-state index contributed by atoms with van der Waals surface area (Å²) in [4.78, 5) is 10.9. The van der Waals surface area contributed by atoms with Crippen molar-refractivity contribution in [2.75, 3.05) is 31.2 Å². The summed E-state index contributed by atoms with van der Waals surface area (Å²) in [6.07, 6.45) is -0.872. The lowest BCUT2D eigenvalue weighted by Gasteiger charge is -2.38. The van der Waals surface area contributed by atoms with Crippen LogP contribution in [0.25, 0.3) is 22.3 Å². The molecule has 0 unspecified atom stereocenters. The number of fused-ring (bicyclic) bond motifs is 1. The monoisotopic (exact) mass is 469 g/mol. The van der Waals surface area contributed by atoms with Crippen LogP contribution in [-0.2, 0) is 18.0 Å². The van der Waals surface area contributed by atoms with Gasteiger partial charge in [-0.15, -0.1) is 0 Å². The Morgan fingerprint density at radius 3 is 2.48 bits per heavy atom. The van der Waals surface area contributed by atoms with Gasteiger partial charge in [-0.1, -0.05) is 0 Å². The molecule has 12 heteroatoms. The standard InChI is InChI=1S/C21H20F5N5O2/c1-30-18-12(9-27-19(28-18)31-5-2-20(3-6-31)4-7-33-10-20)16(29-30)11-8-13(21(24,25)26)15(23)17(32)14(11)22/h8-9,32H,2-7,10H2,1H3. The zero-order valence-electron chi connectivity index (χ0n) is 17.6. The summed E-state index contributed by atoms with van der Waals surface area (Å²) < 4.78 is 74.9. The van der Waals surface area contributed by atoms with Gasteiger partial charge in [-0.05, 0) is 30.7 Å². The molecule has 0 atom stereocenters. The van der Waals surface area contributed by atoms with Gasteiger partial charge in [0.25, 0.3) is 0 Å². The average Bonchev–Trinajstić information content (AvgIpc) is 3.36. The second-order valence-corrected chi connectivity index (χ2v) is 8.62. The number of nitrogens with zero attached hydrogens (tertiary/aromatic N) is 5. The van der Waals surface area contributed by atoms with Crippen molar-refractivity contribution in [3.05, 3.63) is 29.5 Å². The molecular formula is C21H20F5N5O2. The molecule has 0 aliphatic carbocycles. The van der Waals surface area contributed by atoms with Crippen LogP contribution in [0.2, 0.25) is 0 Å². The van der Waals surface area contributed by atoms with Crippen LogP contribution in [0.3, 0.4) is 0 Å². The average molecular weight is 469 g/mol. The number of hydrogen-bond donors (Lipinski definition) is 1. The molecule has 2 fully saturated rings. The van der Waals surface area contributed by atoms with Crippen molar-refractivity contribution < 1.29 is 31.8 Å². The highest BCUT2D eigenvalue weighted by atomic mass is 19.4. The summed E-state index contributed by atoms with van der Waals surface area (Å²) in [5.41, 5.74) is -2.23. The predicted octanol–water partition coefficient (Wildman–Crippen LogP) is 4.04. The van der Waals surface area contributed by atoms with Gasteiger partial charge in [0.15, 0.2) is 23.0 Å². The van der Waals surface area contributed by atoms with E-state index in [4.69, 9.17) is 4.74 Å². The van der Waals surface area contributed by atoms with Gasteiger partial charge in [-0.25, -0.2) is 18.4 Å². The first kappa shape index (κ1) is 21.8. The second-order valence-electron chi connectivity index (χ2n) is 8.62. The Kier molecular flexibility index (Phi) is 4.96. The van der Waals surface area contributed by atoms with Crippen molar-refractivity contribution in [3.63, 3.8) is 0 Å². The van der Waals surface area contributed by atoms with Crippen LogP contribution in [0, 0.1) is 17.0 Å². The van der Waals surface area contributed by atoms with Gasteiger partial charge in [0.2, 0.25) is 5.95 Å². The molecule has 0 amide bonds. The summed E-state index contributed by atoms with van der Waals surface area (Å²) in [7, 11) is 1.51. The highest BCUT2D eigenvalue weighted by Crippen LogP contribution is 2.42. The third kappa shape index (κ3) is 3.56. The van der Waals surface area contributed by atoms with E-state index >= 15 is 0 Å². The molecule has 33 heavy (non-hydrogen) atoms. The molecule has 2 aliphatic rings. The van der Waals surface area contributed by atoms with E-state index in [2.05, 4.69) is 15.1 Å². The maximum absolute atomic E-state index is 14.6. The molecule has 1 aromatic carbocycles. The minimum absolute atomic E-state index is 0.178. The van der Waals surface area contributed by atoms with Crippen LogP contribution < -0.4 is 4.90 Å². The Morgan fingerprint density at radius 2 is 1.85 bits per heavy atom. The summed E-state index contributed by atoms with van der Waals surface area (Å²) in [6.45, 7) is 2.98. The smallest absolute Gasteiger partial charge is 0.419 e. The van der Waals surface area contributed by atoms with Crippen molar-refractivity contribution in [3.8, 4) is 17.0 Å². The number of anilines is 1. The first-order valence-electron chi connectivity index (χ1n) is 10.4. The molecule has 2 aromatic heterocycles. The molecule has 3 aromatic rings. The molecule has 0 saturated carbocycles. The van der Waals surface area contributed by atoms with Gasteiger partial charge >= 0.3 is 6.18 Å². The van der Waals surface area contributed by atoms with Gasteiger partial charge in [0, 0.05) is 38.5 Å².